The zero-order chi connectivity index (χ0) is 18.0. The molecule has 1 heterocycles. The number of carboxylic acids is 1. The first kappa shape index (κ1) is 17.5. The van der Waals surface area contributed by atoms with Crippen LogP contribution in [0.5, 0.6) is 0 Å². The Balaban J connectivity index is 2.25. The molecule has 1 fully saturated rings. The van der Waals surface area contributed by atoms with E-state index in [1.54, 1.807) is 4.57 Å². The molecule has 0 aliphatic heterocycles. The van der Waals surface area contributed by atoms with Gasteiger partial charge in [0.1, 0.15) is 5.56 Å². The summed E-state index contributed by atoms with van der Waals surface area (Å²) in [6.07, 6.45) is 5.24. The van der Waals surface area contributed by atoms with Crippen LogP contribution >= 0.6 is 0 Å². The molecule has 3 rings (SSSR count). The van der Waals surface area contributed by atoms with Crippen LogP contribution in [0.4, 0.5) is 5.69 Å². The van der Waals surface area contributed by atoms with E-state index in [1.807, 2.05) is 18.2 Å². The second-order valence-corrected chi connectivity index (χ2v) is 6.75. The van der Waals surface area contributed by atoms with Crippen LogP contribution < -0.4 is 10.5 Å². The Hall–Kier alpha value is -2.30. The Labute approximate surface area is 147 Å². The number of carbonyl (C=O) groups is 1. The lowest BCUT2D eigenvalue weighted by molar-refractivity contribution is 0.0694. The van der Waals surface area contributed by atoms with Crippen LogP contribution in [0.2, 0.25) is 0 Å². The van der Waals surface area contributed by atoms with Crippen molar-refractivity contribution >= 4 is 22.6 Å². The smallest absolute Gasteiger partial charge is 0.341 e. The quantitative estimate of drug-likeness (QED) is 0.890. The summed E-state index contributed by atoms with van der Waals surface area (Å²) >= 11 is 0. The molecular formula is C20H26N2O3. The third kappa shape index (κ3) is 3.28. The number of carboxylic acid groups (broad SMARTS) is 1. The van der Waals surface area contributed by atoms with Crippen molar-refractivity contribution in [3.05, 3.63) is 40.2 Å². The van der Waals surface area contributed by atoms with Gasteiger partial charge in [-0.25, -0.2) is 4.79 Å². The number of aromatic carboxylic acids is 1. The van der Waals surface area contributed by atoms with E-state index in [-0.39, 0.29) is 17.2 Å². The molecule has 1 aliphatic carbocycles. The number of pyridine rings is 1. The maximum absolute atomic E-state index is 12.9. The molecule has 0 spiro atoms. The van der Waals surface area contributed by atoms with E-state index in [0.717, 1.165) is 55.4 Å². The van der Waals surface area contributed by atoms with Gasteiger partial charge in [0.15, 0.2) is 0 Å². The molecule has 1 saturated carbocycles. The molecule has 1 N–H and O–H groups in total. The van der Waals surface area contributed by atoms with E-state index < -0.39 is 5.97 Å². The highest BCUT2D eigenvalue weighted by Gasteiger charge is 2.22. The molecule has 5 nitrogen and oxygen atoms in total. The van der Waals surface area contributed by atoms with Gasteiger partial charge in [-0.1, -0.05) is 25.3 Å². The highest BCUT2D eigenvalue weighted by Crippen LogP contribution is 2.31. The van der Waals surface area contributed by atoms with Crippen LogP contribution in [0.25, 0.3) is 10.9 Å². The number of hydrogen-bond donors (Lipinski definition) is 1. The maximum Gasteiger partial charge on any atom is 0.341 e. The number of anilines is 1. The minimum atomic E-state index is -1.15. The summed E-state index contributed by atoms with van der Waals surface area (Å²) in [4.78, 5) is 26.7. The molecule has 0 amide bonds. The normalized spacial score (nSPS) is 15.4. The average Bonchev–Trinajstić information content (AvgIpc) is 2.62. The van der Waals surface area contributed by atoms with E-state index in [4.69, 9.17) is 0 Å². The molecular weight excluding hydrogens is 316 g/mol. The summed E-state index contributed by atoms with van der Waals surface area (Å²) in [7, 11) is 0. The molecule has 1 aliphatic rings. The van der Waals surface area contributed by atoms with Crippen LogP contribution in [-0.2, 0) is 0 Å². The number of hydrogen-bond acceptors (Lipinski definition) is 3. The van der Waals surface area contributed by atoms with Crippen molar-refractivity contribution in [3.63, 3.8) is 0 Å². The molecule has 1 aromatic carbocycles. The molecule has 25 heavy (non-hydrogen) atoms. The topological polar surface area (TPSA) is 62.5 Å². The maximum atomic E-state index is 12.9. The van der Waals surface area contributed by atoms with Crippen LogP contribution in [0.15, 0.2) is 29.1 Å². The van der Waals surface area contributed by atoms with Crippen molar-refractivity contribution in [2.75, 3.05) is 18.0 Å². The summed E-state index contributed by atoms with van der Waals surface area (Å²) in [5.41, 5.74) is 1.42. The van der Waals surface area contributed by atoms with Gasteiger partial charge in [0.2, 0.25) is 0 Å². The van der Waals surface area contributed by atoms with Gasteiger partial charge in [0.25, 0.3) is 5.56 Å². The van der Waals surface area contributed by atoms with Crippen LogP contribution in [0, 0.1) is 0 Å². The Bertz CT molecular complexity index is 831. The predicted molar refractivity (Wildman–Crippen MR) is 101 cm³/mol. The van der Waals surface area contributed by atoms with Gasteiger partial charge in [-0.15, -0.1) is 0 Å². The standard InChI is InChI=1S/C20H26N2O3/c1-3-21(4-2)16-11-10-14-12-17(20(24)25)19(23)22(18(14)13-16)15-8-6-5-7-9-15/h10-13,15H,3-9H2,1-2H3,(H,24,25). The van der Waals surface area contributed by atoms with Gasteiger partial charge in [0.05, 0.1) is 5.52 Å². The van der Waals surface area contributed by atoms with Gasteiger partial charge in [-0.3, -0.25) is 4.79 Å². The fraction of sp³-hybridized carbons (Fsp3) is 0.500. The van der Waals surface area contributed by atoms with Crippen LogP contribution in [-0.4, -0.2) is 28.7 Å². The highest BCUT2D eigenvalue weighted by atomic mass is 16.4. The van der Waals surface area contributed by atoms with Gasteiger partial charge >= 0.3 is 5.97 Å². The number of fused-ring (bicyclic) bond motifs is 1. The fourth-order valence-corrected chi connectivity index (χ4v) is 3.96. The third-order valence-corrected chi connectivity index (χ3v) is 5.32. The van der Waals surface area contributed by atoms with Crippen molar-refractivity contribution in [1.82, 2.24) is 4.57 Å². The molecule has 0 atom stereocenters. The monoisotopic (exact) mass is 342 g/mol. The zero-order valence-corrected chi connectivity index (χ0v) is 15.0. The van der Waals surface area contributed by atoms with Crippen LogP contribution in [0.3, 0.4) is 0 Å². The number of rotatable bonds is 5. The van der Waals surface area contributed by atoms with Gasteiger partial charge < -0.3 is 14.6 Å². The van der Waals surface area contributed by atoms with Crippen molar-refractivity contribution in [3.8, 4) is 0 Å². The predicted octanol–water partition coefficient (Wildman–Crippen LogP) is 4.05. The van der Waals surface area contributed by atoms with Crippen LogP contribution in [0.1, 0.15) is 62.4 Å². The zero-order valence-electron chi connectivity index (χ0n) is 15.0. The van der Waals surface area contributed by atoms with Gasteiger partial charge in [-0.2, -0.15) is 0 Å². The van der Waals surface area contributed by atoms with Gasteiger partial charge in [-0.05, 0) is 50.3 Å². The Morgan fingerprint density at radius 3 is 2.44 bits per heavy atom. The molecule has 0 bridgehead atoms. The van der Waals surface area contributed by atoms with Crippen molar-refractivity contribution in [2.45, 2.75) is 52.0 Å². The van der Waals surface area contributed by atoms with E-state index in [0.29, 0.717) is 0 Å². The van der Waals surface area contributed by atoms with E-state index in [9.17, 15) is 14.7 Å². The average molecular weight is 342 g/mol. The lowest BCUT2D eigenvalue weighted by Gasteiger charge is -2.27. The summed E-state index contributed by atoms with van der Waals surface area (Å²) in [5, 5.41) is 10.3. The largest absolute Gasteiger partial charge is 0.477 e. The Kier molecular flexibility index (Phi) is 5.11. The highest BCUT2D eigenvalue weighted by molar-refractivity contribution is 5.93. The first-order valence-corrected chi connectivity index (χ1v) is 9.24. The first-order chi connectivity index (χ1) is 12.1. The molecule has 2 aromatic rings. The third-order valence-electron chi connectivity index (χ3n) is 5.32. The summed E-state index contributed by atoms with van der Waals surface area (Å²) in [5.74, 6) is -1.15. The summed E-state index contributed by atoms with van der Waals surface area (Å²) in [6, 6.07) is 7.61. The first-order valence-electron chi connectivity index (χ1n) is 9.24. The Morgan fingerprint density at radius 1 is 1.16 bits per heavy atom. The van der Waals surface area contributed by atoms with Crippen molar-refractivity contribution in [2.24, 2.45) is 0 Å². The Morgan fingerprint density at radius 2 is 1.84 bits per heavy atom. The molecule has 5 heteroatoms. The minimum Gasteiger partial charge on any atom is -0.477 e. The molecule has 0 radical (unpaired) electrons. The fourth-order valence-electron chi connectivity index (χ4n) is 3.96. The lowest BCUT2D eigenvalue weighted by atomic mass is 9.94. The van der Waals surface area contributed by atoms with E-state index in [1.165, 1.54) is 12.5 Å². The lowest BCUT2D eigenvalue weighted by Crippen LogP contribution is -2.31. The second-order valence-electron chi connectivity index (χ2n) is 6.75. The molecule has 1 aromatic heterocycles. The molecule has 0 saturated heterocycles. The minimum absolute atomic E-state index is 0.0926. The number of aromatic nitrogens is 1. The summed E-state index contributed by atoms with van der Waals surface area (Å²) < 4.78 is 1.75. The van der Waals surface area contributed by atoms with Crippen molar-refractivity contribution in [1.29, 1.82) is 0 Å². The number of nitrogens with zero attached hydrogens (tertiary/aromatic N) is 2. The molecule has 134 valence electrons. The number of benzene rings is 1. The molecule has 0 unspecified atom stereocenters. The second kappa shape index (κ2) is 7.30. The van der Waals surface area contributed by atoms with E-state index in [2.05, 4.69) is 18.7 Å². The SMILES string of the molecule is CCN(CC)c1ccc2cc(C(=O)O)c(=O)n(C3CCCCC3)c2c1. The van der Waals surface area contributed by atoms with Gasteiger partial charge in [0, 0.05) is 24.8 Å². The van der Waals surface area contributed by atoms with Crippen molar-refractivity contribution < 1.29 is 9.90 Å². The summed E-state index contributed by atoms with van der Waals surface area (Å²) in [6.45, 7) is 6.00. The van der Waals surface area contributed by atoms with E-state index >= 15 is 0 Å².